The highest BCUT2D eigenvalue weighted by Gasteiger charge is 2.40. The summed E-state index contributed by atoms with van der Waals surface area (Å²) < 4.78 is 45.4. The van der Waals surface area contributed by atoms with Crippen molar-refractivity contribution in [3.05, 3.63) is 23.9 Å². The number of alkyl halides is 3. The Balaban J connectivity index is 2.30. The van der Waals surface area contributed by atoms with Gasteiger partial charge in [0.2, 0.25) is 0 Å². The summed E-state index contributed by atoms with van der Waals surface area (Å²) >= 11 is 0. The van der Waals surface area contributed by atoms with Crippen LogP contribution in [0.4, 0.5) is 19.0 Å². The zero-order valence-electron chi connectivity index (χ0n) is 16.9. The minimum Gasteiger partial charge on any atom is -0.427 e. The van der Waals surface area contributed by atoms with Crippen molar-refractivity contribution in [1.82, 2.24) is 14.8 Å². The van der Waals surface area contributed by atoms with Gasteiger partial charge < -0.3 is 15.5 Å². The second-order valence-corrected chi connectivity index (χ2v) is 7.79. The van der Waals surface area contributed by atoms with E-state index < -0.39 is 23.4 Å². The molecule has 0 radical (unpaired) electrons. The lowest BCUT2D eigenvalue weighted by molar-refractivity contribution is -0.164. The van der Waals surface area contributed by atoms with Crippen LogP contribution in [0.2, 0.25) is 0 Å². The molecule has 0 aliphatic heterocycles. The van der Waals surface area contributed by atoms with Gasteiger partial charge in [-0.15, -0.1) is 0 Å². The maximum Gasteiger partial charge on any atom is 0.410 e. The normalized spacial score (nSPS) is 13.8. The SMILES string of the molecule is CC(n1nc(-c2ccc(BOC(C)(C)C(C)(C)O)cn2)c(C#N)c1N)C(F)(F)F. The molecule has 0 spiro atoms. The number of hydrogen-bond donors (Lipinski definition) is 2. The number of nitriles is 1. The molecular formula is C18H23BF3N5O2. The fourth-order valence-corrected chi connectivity index (χ4v) is 2.26. The Morgan fingerprint density at radius 3 is 2.34 bits per heavy atom. The summed E-state index contributed by atoms with van der Waals surface area (Å²) in [6.07, 6.45) is -3.09. The fourth-order valence-electron chi connectivity index (χ4n) is 2.26. The number of nitrogens with two attached hydrogens (primary N) is 1. The third kappa shape index (κ3) is 4.71. The Morgan fingerprint density at radius 2 is 1.90 bits per heavy atom. The molecule has 0 aliphatic rings. The van der Waals surface area contributed by atoms with Crippen molar-refractivity contribution in [2.24, 2.45) is 0 Å². The summed E-state index contributed by atoms with van der Waals surface area (Å²) in [5, 5.41) is 23.3. The third-order valence-corrected chi connectivity index (χ3v) is 5.04. The van der Waals surface area contributed by atoms with Crippen LogP contribution in [0.3, 0.4) is 0 Å². The Hall–Kier alpha value is -2.58. The molecule has 2 aromatic rings. The largest absolute Gasteiger partial charge is 0.427 e. The van der Waals surface area contributed by atoms with E-state index in [0.29, 0.717) is 10.1 Å². The Bertz CT molecular complexity index is 912. The topological polar surface area (TPSA) is 110 Å². The molecule has 0 fully saturated rings. The third-order valence-electron chi connectivity index (χ3n) is 5.04. The highest BCUT2D eigenvalue weighted by molar-refractivity contribution is 6.46. The van der Waals surface area contributed by atoms with Gasteiger partial charge in [-0.3, -0.25) is 4.98 Å². The lowest BCUT2D eigenvalue weighted by atomic mass is 9.83. The number of anilines is 1. The molecule has 29 heavy (non-hydrogen) atoms. The molecule has 2 rings (SSSR count). The Morgan fingerprint density at radius 1 is 1.28 bits per heavy atom. The minimum absolute atomic E-state index is 0.0228. The number of hydrogen-bond acceptors (Lipinski definition) is 6. The maximum atomic E-state index is 13.0. The minimum atomic E-state index is -4.56. The second kappa shape index (κ2) is 7.69. The first-order valence-corrected chi connectivity index (χ1v) is 8.85. The smallest absolute Gasteiger partial charge is 0.410 e. The molecule has 0 saturated carbocycles. The van der Waals surface area contributed by atoms with Gasteiger partial charge in [-0.25, -0.2) is 4.68 Å². The van der Waals surface area contributed by atoms with Crippen LogP contribution in [-0.2, 0) is 4.65 Å². The molecule has 2 heterocycles. The van der Waals surface area contributed by atoms with E-state index in [0.717, 1.165) is 6.92 Å². The average molecular weight is 409 g/mol. The number of aliphatic hydroxyl groups is 1. The van der Waals surface area contributed by atoms with Crippen LogP contribution in [0, 0.1) is 11.3 Å². The van der Waals surface area contributed by atoms with Crippen LogP contribution in [0.25, 0.3) is 11.4 Å². The van der Waals surface area contributed by atoms with Gasteiger partial charge in [0.05, 0.1) is 16.9 Å². The summed E-state index contributed by atoms with van der Waals surface area (Å²) in [6, 6.07) is 3.00. The first-order chi connectivity index (χ1) is 13.2. The predicted molar refractivity (Wildman–Crippen MR) is 104 cm³/mol. The molecular weight excluding hydrogens is 386 g/mol. The maximum absolute atomic E-state index is 13.0. The number of nitrogens with zero attached hydrogens (tertiary/aromatic N) is 4. The van der Waals surface area contributed by atoms with Gasteiger partial charge in [-0.1, -0.05) is 6.07 Å². The van der Waals surface area contributed by atoms with E-state index in [2.05, 4.69) is 10.1 Å². The summed E-state index contributed by atoms with van der Waals surface area (Å²) in [7, 11) is 0.164. The van der Waals surface area contributed by atoms with E-state index in [1.165, 1.54) is 12.3 Å². The molecule has 3 N–H and O–H groups in total. The van der Waals surface area contributed by atoms with Crippen LogP contribution >= 0.6 is 0 Å². The van der Waals surface area contributed by atoms with Crippen molar-refractivity contribution >= 4 is 18.8 Å². The Labute approximate surface area is 167 Å². The van der Waals surface area contributed by atoms with Gasteiger partial charge >= 0.3 is 13.7 Å². The summed E-state index contributed by atoms with van der Waals surface area (Å²) in [6.45, 7) is 7.70. The van der Waals surface area contributed by atoms with Gasteiger partial charge in [-0.05, 0) is 46.1 Å². The first kappa shape index (κ1) is 22.7. The molecule has 0 aromatic carbocycles. The van der Waals surface area contributed by atoms with Gasteiger partial charge in [0.1, 0.15) is 29.2 Å². The van der Waals surface area contributed by atoms with E-state index in [1.807, 2.05) is 0 Å². The van der Waals surface area contributed by atoms with Gasteiger partial charge in [-0.2, -0.15) is 23.5 Å². The molecule has 11 heteroatoms. The number of rotatable bonds is 6. The molecule has 1 unspecified atom stereocenters. The summed E-state index contributed by atoms with van der Waals surface area (Å²) in [5.74, 6) is -0.367. The summed E-state index contributed by atoms with van der Waals surface area (Å²) in [5.41, 5.74) is 4.54. The number of pyridine rings is 1. The predicted octanol–water partition coefficient (Wildman–Crippen LogP) is 2.07. The highest BCUT2D eigenvalue weighted by atomic mass is 19.4. The van der Waals surface area contributed by atoms with E-state index in [9.17, 15) is 23.5 Å². The number of nitrogen functional groups attached to an aromatic ring is 1. The zero-order valence-corrected chi connectivity index (χ0v) is 16.9. The van der Waals surface area contributed by atoms with Gasteiger partial charge in [0.15, 0.2) is 0 Å². The molecule has 7 nitrogen and oxygen atoms in total. The molecule has 2 aromatic heterocycles. The highest BCUT2D eigenvalue weighted by Crippen LogP contribution is 2.34. The fraction of sp³-hybridized carbons (Fsp3) is 0.500. The van der Waals surface area contributed by atoms with Gasteiger partial charge in [0.25, 0.3) is 0 Å². The molecule has 1 atom stereocenters. The van der Waals surface area contributed by atoms with Crippen LogP contribution in [0.1, 0.15) is 46.2 Å². The van der Waals surface area contributed by atoms with Crippen molar-refractivity contribution in [3.8, 4) is 17.5 Å². The number of aromatic nitrogens is 3. The first-order valence-electron chi connectivity index (χ1n) is 8.85. The van der Waals surface area contributed by atoms with E-state index in [1.54, 1.807) is 39.8 Å². The molecule has 0 amide bonds. The second-order valence-electron chi connectivity index (χ2n) is 7.79. The van der Waals surface area contributed by atoms with Crippen LogP contribution in [0.5, 0.6) is 0 Å². The Kier molecular flexibility index (Phi) is 6.02. The van der Waals surface area contributed by atoms with E-state index >= 15 is 0 Å². The van der Waals surface area contributed by atoms with Crippen LogP contribution < -0.4 is 11.2 Å². The van der Waals surface area contributed by atoms with Crippen molar-refractivity contribution in [1.29, 1.82) is 5.26 Å². The quantitative estimate of drug-likeness (QED) is 0.707. The molecule has 156 valence electrons. The monoisotopic (exact) mass is 409 g/mol. The van der Waals surface area contributed by atoms with E-state index in [-0.39, 0.29) is 30.3 Å². The van der Waals surface area contributed by atoms with Crippen molar-refractivity contribution in [2.45, 2.75) is 58.0 Å². The average Bonchev–Trinajstić information content (AvgIpc) is 2.94. The van der Waals surface area contributed by atoms with Crippen LogP contribution in [0.15, 0.2) is 18.3 Å². The lowest BCUT2D eigenvalue weighted by Crippen LogP contribution is -2.49. The molecule has 0 aliphatic carbocycles. The molecule has 0 saturated heterocycles. The lowest BCUT2D eigenvalue weighted by Gasteiger charge is -2.37. The zero-order chi connectivity index (χ0) is 22.2. The van der Waals surface area contributed by atoms with Crippen LogP contribution in [-0.4, -0.2) is 44.7 Å². The van der Waals surface area contributed by atoms with Gasteiger partial charge in [0, 0.05) is 6.20 Å². The van der Waals surface area contributed by atoms with Crippen molar-refractivity contribution in [2.75, 3.05) is 5.73 Å². The molecule has 0 bridgehead atoms. The summed E-state index contributed by atoms with van der Waals surface area (Å²) in [4.78, 5) is 4.19. The van der Waals surface area contributed by atoms with E-state index in [4.69, 9.17) is 10.4 Å². The van der Waals surface area contributed by atoms with Crippen molar-refractivity contribution < 1.29 is 22.9 Å². The standard InChI is InChI=1S/C18H23BF3N5O2/c1-10(18(20,21)22)27-15(24)12(8-23)14(26-27)13-7-6-11(9-25-13)19-29-17(4,5)16(2,3)28/h6-7,9-10,19,28H,24H2,1-5H3. The number of halogens is 3. The van der Waals surface area contributed by atoms with Crippen molar-refractivity contribution in [3.63, 3.8) is 0 Å².